The van der Waals surface area contributed by atoms with Crippen LogP contribution in [0.3, 0.4) is 0 Å². The highest BCUT2D eigenvalue weighted by Crippen LogP contribution is 2.21. The molecular formula is C10H18O8. The lowest BCUT2D eigenvalue weighted by Crippen LogP contribution is -2.59. The van der Waals surface area contributed by atoms with Gasteiger partial charge < -0.3 is 35.0 Å². The SMILES string of the molecule is O=C(O)CCCO[C@@H]1O[C@H](CO)[C@@H](O)[C@H](O)[C@H]1O. The molecule has 1 rings (SSSR count). The summed E-state index contributed by atoms with van der Waals surface area (Å²) in [7, 11) is 0. The van der Waals surface area contributed by atoms with Crippen molar-refractivity contribution in [3.63, 3.8) is 0 Å². The van der Waals surface area contributed by atoms with Crippen LogP contribution < -0.4 is 0 Å². The number of ether oxygens (including phenoxy) is 2. The molecule has 1 aliphatic heterocycles. The molecule has 0 aromatic rings. The van der Waals surface area contributed by atoms with E-state index in [1.54, 1.807) is 0 Å². The van der Waals surface area contributed by atoms with E-state index >= 15 is 0 Å². The summed E-state index contributed by atoms with van der Waals surface area (Å²) in [4.78, 5) is 10.3. The molecule has 1 heterocycles. The van der Waals surface area contributed by atoms with E-state index in [1.165, 1.54) is 0 Å². The van der Waals surface area contributed by atoms with Gasteiger partial charge in [-0.25, -0.2) is 0 Å². The third-order valence-corrected chi connectivity index (χ3v) is 2.67. The minimum absolute atomic E-state index is 0.0228. The van der Waals surface area contributed by atoms with Gasteiger partial charge in [-0.3, -0.25) is 4.79 Å². The smallest absolute Gasteiger partial charge is 0.303 e. The number of aliphatic carboxylic acids is 1. The van der Waals surface area contributed by atoms with Gasteiger partial charge in [0.1, 0.15) is 24.4 Å². The summed E-state index contributed by atoms with van der Waals surface area (Å²) in [6.07, 6.45) is -6.44. The summed E-state index contributed by atoms with van der Waals surface area (Å²) in [5.41, 5.74) is 0. The highest BCUT2D eigenvalue weighted by atomic mass is 16.7. The van der Waals surface area contributed by atoms with E-state index in [0.717, 1.165) is 0 Å². The van der Waals surface area contributed by atoms with Gasteiger partial charge in [0.15, 0.2) is 6.29 Å². The van der Waals surface area contributed by atoms with Crippen LogP contribution in [0.2, 0.25) is 0 Å². The zero-order valence-electron chi connectivity index (χ0n) is 9.68. The average molecular weight is 266 g/mol. The molecule has 0 amide bonds. The molecule has 0 aromatic heterocycles. The fraction of sp³-hybridized carbons (Fsp3) is 0.900. The first-order valence-corrected chi connectivity index (χ1v) is 5.61. The van der Waals surface area contributed by atoms with Crippen molar-refractivity contribution >= 4 is 5.97 Å². The second-order valence-electron chi connectivity index (χ2n) is 4.07. The number of carbonyl (C=O) groups is 1. The van der Waals surface area contributed by atoms with Gasteiger partial charge in [-0.05, 0) is 6.42 Å². The molecule has 8 nitrogen and oxygen atoms in total. The summed E-state index contributed by atoms with van der Waals surface area (Å²) in [6, 6.07) is 0. The monoisotopic (exact) mass is 266 g/mol. The summed E-state index contributed by atoms with van der Waals surface area (Å²) < 4.78 is 10.1. The van der Waals surface area contributed by atoms with Crippen molar-refractivity contribution in [2.45, 2.75) is 43.5 Å². The Morgan fingerprint density at radius 3 is 2.39 bits per heavy atom. The molecular weight excluding hydrogens is 248 g/mol. The second-order valence-corrected chi connectivity index (χ2v) is 4.07. The normalized spacial score (nSPS) is 36.6. The zero-order valence-corrected chi connectivity index (χ0v) is 9.68. The maximum absolute atomic E-state index is 10.3. The standard InChI is InChI=1S/C10H18O8/c11-4-5-7(14)8(15)9(16)10(18-5)17-3-1-2-6(12)13/h5,7-11,14-16H,1-4H2,(H,12,13)/t5-,7-,8+,9-,10-/m1/s1. The largest absolute Gasteiger partial charge is 0.481 e. The Kier molecular flexibility index (Phi) is 5.93. The van der Waals surface area contributed by atoms with Crippen molar-refractivity contribution in [3.8, 4) is 0 Å². The van der Waals surface area contributed by atoms with Crippen molar-refractivity contribution in [2.75, 3.05) is 13.2 Å². The molecule has 5 atom stereocenters. The van der Waals surface area contributed by atoms with Crippen LogP contribution in [-0.2, 0) is 14.3 Å². The minimum atomic E-state index is -1.49. The molecule has 0 saturated carbocycles. The van der Waals surface area contributed by atoms with Gasteiger partial charge in [0.2, 0.25) is 0 Å². The number of hydrogen-bond donors (Lipinski definition) is 5. The molecule has 1 fully saturated rings. The summed E-state index contributed by atoms with van der Waals surface area (Å²) in [5.74, 6) is -0.965. The molecule has 18 heavy (non-hydrogen) atoms. The molecule has 5 N–H and O–H groups in total. The highest BCUT2D eigenvalue weighted by Gasteiger charge is 2.43. The van der Waals surface area contributed by atoms with Gasteiger partial charge in [-0.2, -0.15) is 0 Å². The Bertz CT molecular complexity index is 269. The quantitative estimate of drug-likeness (QED) is 0.337. The van der Waals surface area contributed by atoms with Gasteiger partial charge in [0, 0.05) is 6.42 Å². The number of carboxylic acids is 1. The number of hydrogen-bond acceptors (Lipinski definition) is 7. The van der Waals surface area contributed by atoms with Crippen LogP contribution in [-0.4, -0.2) is 75.4 Å². The number of aliphatic hydroxyl groups excluding tert-OH is 4. The number of aliphatic hydroxyl groups is 4. The Morgan fingerprint density at radius 2 is 1.83 bits per heavy atom. The molecule has 8 heteroatoms. The van der Waals surface area contributed by atoms with Crippen molar-refractivity contribution in [2.24, 2.45) is 0 Å². The Labute approximate surface area is 103 Å². The van der Waals surface area contributed by atoms with Crippen molar-refractivity contribution < 1.29 is 39.8 Å². The van der Waals surface area contributed by atoms with Gasteiger partial charge >= 0.3 is 5.97 Å². The van der Waals surface area contributed by atoms with E-state index in [4.69, 9.17) is 19.7 Å². The van der Waals surface area contributed by atoms with Gasteiger partial charge in [0.05, 0.1) is 13.2 Å². The lowest BCUT2D eigenvalue weighted by Gasteiger charge is -2.39. The van der Waals surface area contributed by atoms with E-state index < -0.39 is 43.3 Å². The van der Waals surface area contributed by atoms with Crippen LogP contribution in [0.1, 0.15) is 12.8 Å². The first kappa shape index (κ1) is 15.3. The molecule has 1 saturated heterocycles. The number of rotatable bonds is 6. The highest BCUT2D eigenvalue weighted by molar-refractivity contribution is 5.66. The second kappa shape index (κ2) is 6.98. The van der Waals surface area contributed by atoms with E-state index in [0.29, 0.717) is 0 Å². The first-order valence-electron chi connectivity index (χ1n) is 5.61. The molecule has 0 spiro atoms. The Morgan fingerprint density at radius 1 is 1.17 bits per heavy atom. The van der Waals surface area contributed by atoms with Crippen molar-refractivity contribution in [1.82, 2.24) is 0 Å². The molecule has 0 bridgehead atoms. The maximum Gasteiger partial charge on any atom is 0.303 e. The molecule has 0 unspecified atom stereocenters. The Balaban J connectivity index is 2.41. The van der Waals surface area contributed by atoms with E-state index in [2.05, 4.69) is 0 Å². The number of carboxylic acid groups (broad SMARTS) is 1. The van der Waals surface area contributed by atoms with E-state index in [9.17, 15) is 20.1 Å². The zero-order chi connectivity index (χ0) is 13.7. The summed E-state index contributed by atoms with van der Waals surface area (Å²) in [6.45, 7) is -0.505. The van der Waals surface area contributed by atoms with Gasteiger partial charge in [0.25, 0.3) is 0 Å². The van der Waals surface area contributed by atoms with Crippen LogP contribution in [0, 0.1) is 0 Å². The van der Waals surface area contributed by atoms with Gasteiger partial charge in [-0.15, -0.1) is 0 Å². The molecule has 0 aliphatic carbocycles. The average Bonchev–Trinajstić information content (AvgIpc) is 2.34. The van der Waals surface area contributed by atoms with Crippen molar-refractivity contribution in [1.29, 1.82) is 0 Å². The third-order valence-electron chi connectivity index (χ3n) is 2.67. The maximum atomic E-state index is 10.3. The fourth-order valence-electron chi connectivity index (χ4n) is 1.63. The molecule has 106 valence electrons. The van der Waals surface area contributed by atoms with Crippen LogP contribution in [0.5, 0.6) is 0 Å². The molecule has 1 aliphatic rings. The van der Waals surface area contributed by atoms with E-state index in [-0.39, 0.29) is 19.4 Å². The van der Waals surface area contributed by atoms with Crippen LogP contribution in [0.25, 0.3) is 0 Å². The molecule has 0 radical (unpaired) electrons. The summed E-state index contributed by atoms with van der Waals surface area (Å²) in [5, 5.41) is 45.8. The van der Waals surface area contributed by atoms with E-state index in [1.807, 2.05) is 0 Å². The van der Waals surface area contributed by atoms with Crippen molar-refractivity contribution in [3.05, 3.63) is 0 Å². The van der Waals surface area contributed by atoms with Crippen LogP contribution >= 0.6 is 0 Å². The fourth-order valence-corrected chi connectivity index (χ4v) is 1.63. The Hall–Kier alpha value is -0.770. The van der Waals surface area contributed by atoms with Crippen LogP contribution in [0.15, 0.2) is 0 Å². The van der Waals surface area contributed by atoms with Crippen LogP contribution in [0.4, 0.5) is 0 Å². The lowest BCUT2D eigenvalue weighted by molar-refractivity contribution is -0.301. The molecule has 0 aromatic carbocycles. The first-order chi connectivity index (χ1) is 8.47. The third kappa shape index (κ3) is 3.87. The topological polar surface area (TPSA) is 137 Å². The van der Waals surface area contributed by atoms with Gasteiger partial charge in [-0.1, -0.05) is 0 Å². The summed E-state index contributed by atoms with van der Waals surface area (Å²) >= 11 is 0. The predicted molar refractivity (Wildman–Crippen MR) is 56.6 cm³/mol. The lowest BCUT2D eigenvalue weighted by atomic mass is 9.99. The predicted octanol–water partition coefficient (Wildman–Crippen LogP) is -2.33. The minimum Gasteiger partial charge on any atom is -0.481 e.